The number of nitrogens with two attached hydrogens (primary N) is 1. The van der Waals surface area contributed by atoms with Crippen molar-refractivity contribution in [2.45, 2.75) is 71.3 Å². The highest BCUT2D eigenvalue weighted by molar-refractivity contribution is 5.77. The Kier molecular flexibility index (Phi) is 6.13. The molecular weight excluding hydrogens is 224 g/mol. The number of nitrogens with zero attached hydrogens (tertiary/aromatic N) is 1. The smallest absolute Gasteiger partial charge is 0.224 e. The molecule has 0 saturated heterocycles. The first-order valence-electron chi connectivity index (χ1n) is 7.61. The van der Waals surface area contributed by atoms with Crippen LogP contribution in [0.2, 0.25) is 0 Å². The quantitative estimate of drug-likeness (QED) is 0.759. The number of carbonyl (C=O) groups is 1. The lowest BCUT2D eigenvalue weighted by Gasteiger charge is -2.30. The molecule has 1 fully saturated rings. The van der Waals surface area contributed by atoms with Gasteiger partial charge in [0.05, 0.1) is 0 Å². The number of carbonyl (C=O) groups excluding carboxylic acids is 1. The molecule has 2 N–H and O–H groups in total. The summed E-state index contributed by atoms with van der Waals surface area (Å²) in [4.78, 5) is 14.4. The van der Waals surface area contributed by atoms with Gasteiger partial charge in [-0.1, -0.05) is 39.5 Å². The molecule has 0 spiro atoms. The van der Waals surface area contributed by atoms with E-state index in [1.54, 1.807) is 0 Å². The highest BCUT2D eigenvalue weighted by atomic mass is 16.2. The number of hydrogen-bond acceptors (Lipinski definition) is 2. The summed E-state index contributed by atoms with van der Waals surface area (Å²) >= 11 is 0. The van der Waals surface area contributed by atoms with Gasteiger partial charge in [0.15, 0.2) is 0 Å². The lowest BCUT2D eigenvalue weighted by Crippen LogP contribution is -2.44. The van der Waals surface area contributed by atoms with Crippen molar-refractivity contribution in [2.24, 2.45) is 11.7 Å². The molecule has 0 unspecified atom stereocenters. The van der Waals surface area contributed by atoms with Crippen molar-refractivity contribution in [3.05, 3.63) is 0 Å². The molecule has 1 rings (SSSR count). The second-order valence-electron chi connectivity index (χ2n) is 5.86. The van der Waals surface area contributed by atoms with Crippen molar-refractivity contribution >= 4 is 5.91 Å². The fraction of sp³-hybridized carbons (Fsp3) is 0.933. The second kappa shape index (κ2) is 7.13. The van der Waals surface area contributed by atoms with Gasteiger partial charge in [-0.25, -0.2) is 0 Å². The van der Waals surface area contributed by atoms with E-state index in [1.165, 1.54) is 12.8 Å². The minimum absolute atomic E-state index is 0.210. The summed E-state index contributed by atoms with van der Waals surface area (Å²) in [5, 5.41) is 0. The maximum Gasteiger partial charge on any atom is 0.224 e. The van der Waals surface area contributed by atoms with E-state index >= 15 is 0 Å². The number of rotatable bonds is 7. The maximum atomic E-state index is 12.3. The molecule has 3 nitrogen and oxygen atoms in total. The Morgan fingerprint density at radius 2 is 1.78 bits per heavy atom. The van der Waals surface area contributed by atoms with E-state index < -0.39 is 0 Å². The van der Waals surface area contributed by atoms with Crippen LogP contribution in [0, 0.1) is 5.92 Å². The van der Waals surface area contributed by atoms with Crippen molar-refractivity contribution in [3.8, 4) is 0 Å². The van der Waals surface area contributed by atoms with Crippen LogP contribution in [0.4, 0.5) is 0 Å². The third-order valence-electron chi connectivity index (χ3n) is 4.47. The molecule has 0 bridgehead atoms. The number of hydrogen-bond donors (Lipinski definition) is 1. The van der Waals surface area contributed by atoms with E-state index in [9.17, 15) is 4.79 Å². The molecule has 18 heavy (non-hydrogen) atoms. The third kappa shape index (κ3) is 4.27. The molecule has 0 atom stereocenters. The summed E-state index contributed by atoms with van der Waals surface area (Å²) in [5.74, 6) is 0.889. The Labute approximate surface area is 112 Å². The summed E-state index contributed by atoms with van der Waals surface area (Å²) in [6.45, 7) is 8.18. The van der Waals surface area contributed by atoms with Crippen molar-refractivity contribution in [2.75, 3.05) is 13.1 Å². The van der Waals surface area contributed by atoms with Gasteiger partial charge in [0, 0.05) is 25.0 Å². The summed E-state index contributed by atoms with van der Waals surface area (Å²) in [6.07, 6.45) is 7.23. The van der Waals surface area contributed by atoms with Crippen LogP contribution in [0.1, 0.15) is 65.7 Å². The Balaban J connectivity index is 2.51. The predicted molar refractivity (Wildman–Crippen MR) is 76.3 cm³/mol. The van der Waals surface area contributed by atoms with Crippen LogP contribution in [0.3, 0.4) is 0 Å². The predicted octanol–water partition coefficient (Wildman–Crippen LogP) is 2.93. The van der Waals surface area contributed by atoms with Crippen LogP contribution in [0.25, 0.3) is 0 Å². The van der Waals surface area contributed by atoms with Crippen LogP contribution in [0.5, 0.6) is 0 Å². The minimum Gasteiger partial charge on any atom is -0.343 e. The SMILES string of the molecule is CCC(CC)CN(CC)C(=O)CC1(N)CCCC1. The molecule has 0 aromatic heterocycles. The zero-order valence-electron chi connectivity index (χ0n) is 12.4. The molecule has 0 aromatic carbocycles. The fourth-order valence-corrected chi connectivity index (χ4v) is 2.93. The van der Waals surface area contributed by atoms with Crippen LogP contribution < -0.4 is 5.73 Å². The Morgan fingerprint density at radius 3 is 2.22 bits per heavy atom. The molecule has 1 aliphatic rings. The number of amides is 1. The lowest BCUT2D eigenvalue weighted by atomic mass is 9.93. The molecule has 3 heteroatoms. The maximum absolute atomic E-state index is 12.3. The normalized spacial score (nSPS) is 18.3. The van der Waals surface area contributed by atoms with Crippen molar-refractivity contribution in [3.63, 3.8) is 0 Å². The van der Waals surface area contributed by atoms with E-state index in [4.69, 9.17) is 5.73 Å². The zero-order valence-corrected chi connectivity index (χ0v) is 12.4. The first-order chi connectivity index (χ1) is 8.54. The molecular formula is C15H30N2O. The van der Waals surface area contributed by atoms with E-state index in [2.05, 4.69) is 20.8 Å². The molecule has 0 aliphatic heterocycles. The van der Waals surface area contributed by atoms with Crippen LogP contribution in [-0.4, -0.2) is 29.4 Å². The minimum atomic E-state index is -0.210. The van der Waals surface area contributed by atoms with E-state index in [-0.39, 0.29) is 11.4 Å². The van der Waals surface area contributed by atoms with E-state index in [1.807, 2.05) is 4.90 Å². The fourth-order valence-electron chi connectivity index (χ4n) is 2.93. The van der Waals surface area contributed by atoms with Crippen LogP contribution in [0.15, 0.2) is 0 Å². The van der Waals surface area contributed by atoms with Crippen LogP contribution >= 0.6 is 0 Å². The second-order valence-corrected chi connectivity index (χ2v) is 5.86. The van der Waals surface area contributed by atoms with Gasteiger partial charge in [-0.05, 0) is 25.7 Å². The molecule has 1 amide bonds. The first kappa shape index (κ1) is 15.5. The standard InChI is InChI=1S/C15H30N2O/c1-4-13(5-2)12-17(6-3)14(18)11-15(16)9-7-8-10-15/h13H,4-12,16H2,1-3H3. The monoisotopic (exact) mass is 254 g/mol. The lowest BCUT2D eigenvalue weighted by molar-refractivity contribution is -0.133. The summed E-state index contributed by atoms with van der Waals surface area (Å²) < 4.78 is 0. The van der Waals surface area contributed by atoms with E-state index in [0.29, 0.717) is 12.3 Å². The average Bonchev–Trinajstić information content (AvgIpc) is 2.77. The molecule has 0 heterocycles. The molecule has 1 aliphatic carbocycles. The van der Waals surface area contributed by atoms with Crippen molar-refractivity contribution in [1.82, 2.24) is 4.90 Å². The van der Waals surface area contributed by atoms with Crippen LogP contribution in [-0.2, 0) is 4.79 Å². The first-order valence-corrected chi connectivity index (χ1v) is 7.61. The third-order valence-corrected chi connectivity index (χ3v) is 4.47. The molecule has 0 aromatic rings. The Hall–Kier alpha value is -0.570. The molecule has 1 saturated carbocycles. The van der Waals surface area contributed by atoms with Gasteiger partial charge in [-0.3, -0.25) is 4.79 Å². The van der Waals surface area contributed by atoms with Gasteiger partial charge in [-0.2, -0.15) is 0 Å². The summed E-state index contributed by atoms with van der Waals surface area (Å²) in [5.41, 5.74) is 6.09. The van der Waals surface area contributed by atoms with E-state index in [0.717, 1.165) is 38.8 Å². The summed E-state index contributed by atoms with van der Waals surface area (Å²) in [7, 11) is 0. The molecule has 106 valence electrons. The van der Waals surface area contributed by atoms with Crippen molar-refractivity contribution in [1.29, 1.82) is 0 Å². The van der Waals surface area contributed by atoms with Gasteiger partial charge < -0.3 is 10.6 Å². The van der Waals surface area contributed by atoms with Gasteiger partial charge in [-0.15, -0.1) is 0 Å². The largest absolute Gasteiger partial charge is 0.343 e. The topological polar surface area (TPSA) is 46.3 Å². The highest BCUT2D eigenvalue weighted by Gasteiger charge is 2.33. The van der Waals surface area contributed by atoms with Gasteiger partial charge in [0.25, 0.3) is 0 Å². The Bertz CT molecular complexity index is 255. The van der Waals surface area contributed by atoms with Gasteiger partial charge in [0.2, 0.25) is 5.91 Å². The zero-order chi connectivity index (χ0) is 13.6. The Morgan fingerprint density at radius 1 is 1.22 bits per heavy atom. The summed E-state index contributed by atoms with van der Waals surface area (Å²) in [6, 6.07) is 0. The van der Waals surface area contributed by atoms with Crippen molar-refractivity contribution < 1.29 is 4.79 Å². The van der Waals surface area contributed by atoms with Gasteiger partial charge >= 0.3 is 0 Å². The molecule has 0 radical (unpaired) electrons. The highest BCUT2D eigenvalue weighted by Crippen LogP contribution is 2.30. The average molecular weight is 254 g/mol. The van der Waals surface area contributed by atoms with Gasteiger partial charge in [0.1, 0.15) is 0 Å².